The molecule has 0 N–H and O–H groups in total. The molecule has 14 aromatic rings. The third-order valence-electron chi connectivity index (χ3n) is 13.5. The summed E-state index contributed by atoms with van der Waals surface area (Å²) in [7, 11) is 0. The summed E-state index contributed by atoms with van der Waals surface area (Å²) >= 11 is 0. The van der Waals surface area contributed by atoms with Gasteiger partial charge in [-0.15, -0.1) is 0 Å². The van der Waals surface area contributed by atoms with Crippen LogP contribution in [0.1, 0.15) is 0 Å². The van der Waals surface area contributed by atoms with E-state index >= 15 is 0 Å². The van der Waals surface area contributed by atoms with Gasteiger partial charge in [0.15, 0.2) is 17.5 Å². The fraction of sp³-hybridized carbons (Fsp3) is 0. The number of benzene rings is 10. The maximum absolute atomic E-state index is 6.98. The second-order valence-electron chi connectivity index (χ2n) is 17.5. The molecule has 0 atom stereocenters. The fourth-order valence-corrected chi connectivity index (χ4v) is 10.3. The first-order valence-corrected chi connectivity index (χ1v) is 23.2. The average Bonchev–Trinajstić information content (AvgIpc) is 4.11. The average molecular weight is 883 g/mol. The molecule has 0 fully saturated rings. The molecule has 0 saturated heterocycles. The van der Waals surface area contributed by atoms with Gasteiger partial charge in [0.1, 0.15) is 22.3 Å². The van der Waals surface area contributed by atoms with Crippen LogP contribution in [-0.2, 0) is 0 Å². The Morgan fingerprint density at radius 1 is 0.290 bits per heavy atom. The Kier molecular flexibility index (Phi) is 8.79. The van der Waals surface area contributed by atoms with Crippen molar-refractivity contribution in [2.45, 2.75) is 0 Å². The maximum Gasteiger partial charge on any atom is 0.164 e. The van der Waals surface area contributed by atoms with Crippen LogP contribution in [-0.4, -0.2) is 19.5 Å². The van der Waals surface area contributed by atoms with Gasteiger partial charge in [0.05, 0.1) is 22.1 Å². The van der Waals surface area contributed by atoms with E-state index in [2.05, 4.69) is 168 Å². The molecule has 0 amide bonds. The van der Waals surface area contributed by atoms with Crippen molar-refractivity contribution >= 4 is 65.7 Å². The lowest BCUT2D eigenvalue weighted by Gasteiger charge is -2.13. The van der Waals surface area contributed by atoms with Crippen molar-refractivity contribution in [1.82, 2.24) is 19.5 Å². The van der Waals surface area contributed by atoms with Crippen molar-refractivity contribution in [1.29, 1.82) is 0 Å². The predicted molar refractivity (Wildman–Crippen MR) is 281 cm³/mol. The third-order valence-corrected chi connectivity index (χ3v) is 13.5. The van der Waals surface area contributed by atoms with Crippen LogP contribution in [0.25, 0.3) is 139 Å². The molecule has 4 heterocycles. The Morgan fingerprint density at radius 2 is 0.841 bits per heavy atom. The Labute approximate surface area is 396 Å². The number of hydrogen-bond donors (Lipinski definition) is 0. The molecule has 0 aliphatic heterocycles. The van der Waals surface area contributed by atoms with Crippen molar-refractivity contribution in [3.63, 3.8) is 0 Å². The van der Waals surface area contributed by atoms with Gasteiger partial charge >= 0.3 is 0 Å². The van der Waals surface area contributed by atoms with Gasteiger partial charge in [0.25, 0.3) is 0 Å². The summed E-state index contributed by atoms with van der Waals surface area (Å²) in [5.74, 6) is 1.84. The Balaban J connectivity index is 0.964. The van der Waals surface area contributed by atoms with Gasteiger partial charge in [-0.3, -0.25) is 0 Å². The zero-order valence-corrected chi connectivity index (χ0v) is 37.0. The number of para-hydroxylation sites is 2. The van der Waals surface area contributed by atoms with Crippen LogP contribution in [0.2, 0.25) is 0 Å². The highest BCUT2D eigenvalue weighted by Crippen LogP contribution is 2.47. The predicted octanol–water partition coefficient (Wildman–Crippen LogP) is 16.8. The summed E-state index contributed by atoms with van der Waals surface area (Å²) in [6.45, 7) is 0. The van der Waals surface area contributed by atoms with Crippen LogP contribution in [0.15, 0.2) is 239 Å². The van der Waals surface area contributed by atoms with Crippen LogP contribution in [0.4, 0.5) is 0 Å². The molecular weight excluding hydrogens is 845 g/mol. The smallest absolute Gasteiger partial charge is 0.164 e. The summed E-state index contributed by atoms with van der Waals surface area (Å²) in [5.41, 5.74) is 15.8. The number of fused-ring (bicyclic) bond motifs is 9. The van der Waals surface area contributed by atoms with E-state index in [9.17, 15) is 0 Å². The largest absolute Gasteiger partial charge is 0.456 e. The monoisotopic (exact) mass is 882 g/mol. The number of aromatic nitrogens is 4. The van der Waals surface area contributed by atoms with E-state index in [1.807, 2.05) is 66.7 Å². The van der Waals surface area contributed by atoms with E-state index < -0.39 is 0 Å². The van der Waals surface area contributed by atoms with Crippen molar-refractivity contribution in [2.75, 3.05) is 0 Å². The first kappa shape index (κ1) is 38.8. The first-order valence-electron chi connectivity index (χ1n) is 23.2. The van der Waals surface area contributed by atoms with Crippen molar-refractivity contribution in [3.05, 3.63) is 231 Å². The molecule has 14 rings (SSSR count). The van der Waals surface area contributed by atoms with Gasteiger partial charge < -0.3 is 13.4 Å². The first-order chi connectivity index (χ1) is 34.2. The van der Waals surface area contributed by atoms with Crippen LogP contribution in [0, 0.1) is 0 Å². The minimum atomic E-state index is 0.601. The van der Waals surface area contributed by atoms with E-state index in [1.165, 1.54) is 21.9 Å². The van der Waals surface area contributed by atoms with Crippen molar-refractivity contribution in [2.24, 2.45) is 0 Å². The summed E-state index contributed by atoms with van der Waals surface area (Å²) in [4.78, 5) is 15.1. The Bertz CT molecular complexity index is 4250. The number of nitrogens with zero attached hydrogens (tertiary/aromatic N) is 4. The van der Waals surface area contributed by atoms with Crippen LogP contribution in [0.5, 0.6) is 0 Å². The molecule has 0 aliphatic rings. The number of hydrogen-bond acceptors (Lipinski definition) is 5. The molecule has 6 nitrogen and oxygen atoms in total. The zero-order valence-electron chi connectivity index (χ0n) is 37.0. The van der Waals surface area contributed by atoms with Crippen molar-refractivity contribution in [3.8, 4) is 73.2 Å². The normalized spacial score (nSPS) is 11.8. The molecule has 0 saturated carbocycles. The molecule has 0 aliphatic carbocycles. The van der Waals surface area contributed by atoms with Crippen LogP contribution < -0.4 is 0 Å². The van der Waals surface area contributed by atoms with E-state index in [-0.39, 0.29) is 0 Å². The molecule has 10 aromatic carbocycles. The lowest BCUT2D eigenvalue weighted by atomic mass is 9.92. The molecular formula is C63H38N4O2. The highest BCUT2D eigenvalue weighted by molar-refractivity contribution is 6.22. The standard InChI is InChI=1S/C63H38N4O2/c1-4-17-39(18-5-1)42-33-36-52-50(38-42)46-25-10-12-28-51(46)67(52)53-29-16-32-56-59(53)58-47(27-15-31-55(58)68-56)48-35-34-45(57-49-26-11-13-30-54(49)69-60(48)57)43-23-14-24-44(37-43)63-65-61(40-19-6-2-7-20-40)64-62(66-63)41-21-8-3-9-22-41/h1-38H. The highest BCUT2D eigenvalue weighted by atomic mass is 16.3. The molecule has 6 heteroatoms. The van der Waals surface area contributed by atoms with Gasteiger partial charge in [-0.25, -0.2) is 15.0 Å². The molecule has 0 radical (unpaired) electrons. The number of rotatable bonds is 7. The third kappa shape index (κ3) is 6.30. The molecule has 69 heavy (non-hydrogen) atoms. The van der Waals surface area contributed by atoms with Gasteiger partial charge in [0.2, 0.25) is 0 Å². The number of furan rings is 2. The van der Waals surface area contributed by atoms with Crippen LogP contribution >= 0.6 is 0 Å². The quantitative estimate of drug-likeness (QED) is 0.159. The second kappa shape index (κ2) is 15.6. The topological polar surface area (TPSA) is 69.9 Å². The van der Waals surface area contributed by atoms with Crippen LogP contribution in [0.3, 0.4) is 0 Å². The summed E-state index contributed by atoms with van der Waals surface area (Å²) < 4.78 is 16.2. The van der Waals surface area contributed by atoms with Gasteiger partial charge in [0, 0.05) is 49.2 Å². The van der Waals surface area contributed by atoms with E-state index in [1.54, 1.807) is 0 Å². The molecule has 0 bridgehead atoms. The van der Waals surface area contributed by atoms with Gasteiger partial charge in [-0.1, -0.05) is 176 Å². The SMILES string of the molecule is c1ccc(-c2ccc3c(c2)c2ccccc2n3-c2cccc3oc4cccc(-c5ccc(-c6cccc(-c7nc(-c8ccccc8)nc(-c8ccccc8)n7)c6)c6c5oc5ccccc56)c4c23)cc1. The lowest BCUT2D eigenvalue weighted by molar-refractivity contribution is 0.668. The molecule has 0 unspecified atom stereocenters. The van der Waals surface area contributed by atoms with Crippen molar-refractivity contribution < 1.29 is 8.83 Å². The van der Waals surface area contributed by atoms with Gasteiger partial charge in [-0.05, 0) is 82.4 Å². The van der Waals surface area contributed by atoms with E-state index in [0.29, 0.717) is 17.5 Å². The van der Waals surface area contributed by atoms with E-state index in [0.717, 1.165) is 99.5 Å². The Hall–Kier alpha value is -9.39. The summed E-state index contributed by atoms with van der Waals surface area (Å²) in [5, 5.41) is 6.54. The summed E-state index contributed by atoms with van der Waals surface area (Å²) in [6, 6.07) is 80.3. The molecule has 0 spiro atoms. The maximum atomic E-state index is 6.98. The molecule has 4 aromatic heterocycles. The minimum absolute atomic E-state index is 0.601. The highest BCUT2D eigenvalue weighted by Gasteiger charge is 2.24. The fourth-order valence-electron chi connectivity index (χ4n) is 10.3. The summed E-state index contributed by atoms with van der Waals surface area (Å²) in [6.07, 6.45) is 0. The molecule has 322 valence electrons. The van der Waals surface area contributed by atoms with E-state index in [4.69, 9.17) is 23.8 Å². The van der Waals surface area contributed by atoms with Gasteiger partial charge in [-0.2, -0.15) is 0 Å². The Morgan fingerprint density at radius 3 is 1.59 bits per heavy atom. The minimum Gasteiger partial charge on any atom is -0.456 e. The zero-order chi connectivity index (χ0) is 45.4. The second-order valence-corrected chi connectivity index (χ2v) is 17.5. The lowest BCUT2D eigenvalue weighted by Crippen LogP contribution is -2.00.